The third-order valence-corrected chi connectivity index (χ3v) is 2.40. The van der Waals surface area contributed by atoms with Crippen LogP contribution in [0.5, 0.6) is 0 Å². The molecule has 0 atom stereocenters. The fraction of sp³-hybridized carbons (Fsp3) is 0.0909. The summed E-state index contributed by atoms with van der Waals surface area (Å²) < 4.78 is 1.83. The van der Waals surface area contributed by atoms with Crippen LogP contribution in [0.25, 0.3) is 5.69 Å². The minimum atomic E-state index is 0.539. The van der Waals surface area contributed by atoms with Crippen molar-refractivity contribution in [3.8, 4) is 5.69 Å². The molecule has 0 aliphatic rings. The molecule has 0 saturated carbocycles. The Balaban J connectivity index is 2.49. The van der Waals surface area contributed by atoms with E-state index in [2.05, 4.69) is 4.98 Å². The van der Waals surface area contributed by atoms with E-state index in [4.69, 9.17) is 11.6 Å². The Hall–Kier alpha value is -1.61. The molecule has 0 amide bonds. The summed E-state index contributed by atoms with van der Waals surface area (Å²) in [4.78, 5) is 14.6. The van der Waals surface area contributed by atoms with E-state index in [1.807, 2.05) is 17.7 Å². The van der Waals surface area contributed by atoms with Gasteiger partial charge < -0.3 is 4.57 Å². The number of halogens is 1. The van der Waals surface area contributed by atoms with Gasteiger partial charge in [-0.05, 0) is 25.1 Å². The van der Waals surface area contributed by atoms with E-state index in [1.54, 1.807) is 24.5 Å². The third-order valence-electron chi connectivity index (χ3n) is 2.10. The lowest BCUT2D eigenvalue weighted by molar-refractivity contribution is 0.112. The molecule has 2 rings (SSSR count). The van der Waals surface area contributed by atoms with Crippen LogP contribution >= 0.6 is 11.6 Å². The van der Waals surface area contributed by atoms with Crippen LogP contribution in [0.1, 0.15) is 16.1 Å². The van der Waals surface area contributed by atoms with E-state index in [0.717, 1.165) is 17.7 Å². The van der Waals surface area contributed by atoms with Gasteiger partial charge in [0.1, 0.15) is 6.29 Å². The van der Waals surface area contributed by atoms with Crippen molar-refractivity contribution in [2.45, 2.75) is 6.92 Å². The molecule has 1 aromatic carbocycles. The van der Waals surface area contributed by atoms with Gasteiger partial charge in [-0.25, -0.2) is 4.98 Å². The van der Waals surface area contributed by atoms with E-state index in [9.17, 15) is 4.79 Å². The standard InChI is InChI=1S/C11H9ClN2O/c1-8-5-14(7-13-8)11-3-2-9(6-15)4-10(11)12/h2-7H,1H3. The minimum Gasteiger partial charge on any atom is -0.305 e. The molecule has 0 spiro atoms. The summed E-state index contributed by atoms with van der Waals surface area (Å²) in [6.45, 7) is 1.91. The summed E-state index contributed by atoms with van der Waals surface area (Å²) in [5, 5.41) is 0.539. The SMILES string of the molecule is Cc1cn(-c2ccc(C=O)cc2Cl)cn1. The van der Waals surface area contributed by atoms with E-state index in [-0.39, 0.29) is 0 Å². The molecular weight excluding hydrogens is 212 g/mol. The molecular formula is C11H9ClN2O. The first-order valence-corrected chi connectivity index (χ1v) is 4.84. The molecule has 0 aliphatic heterocycles. The molecule has 0 fully saturated rings. The number of carbonyl (C=O) groups excluding carboxylic acids is 1. The second kappa shape index (κ2) is 3.87. The predicted molar refractivity (Wildman–Crippen MR) is 58.7 cm³/mol. The highest BCUT2D eigenvalue weighted by atomic mass is 35.5. The van der Waals surface area contributed by atoms with Crippen LogP contribution in [-0.4, -0.2) is 15.8 Å². The Kier molecular flexibility index (Phi) is 2.56. The maximum atomic E-state index is 10.5. The van der Waals surface area contributed by atoms with Gasteiger partial charge in [-0.3, -0.25) is 4.79 Å². The summed E-state index contributed by atoms with van der Waals surface area (Å²) in [5.41, 5.74) is 2.31. The van der Waals surface area contributed by atoms with Crippen molar-refractivity contribution >= 4 is 17.9 Å². The lowest BCUT2D eigenvalue weighted by Gasteiger charge is -2.04. The van der Waals surface area contributed by atoms with Crippen LogP contribution < -0.4 is 0 Å². The van der Waals surface area contributed by atoms with Crippen LogP contribution in [0.2, 0.25) is 5.02 Å². The number of hydrogen-bond acceptors (Lipinski definition) is 2. The zero-order valence-corrected chi connectivity index (χ0v) is 8.90. The van der Waals surface area contributed by atoms with E-state index in [1.165, 1.54) is 0 Å². The summed E-state index contributed by atoms with van der Waals surface area (Å²) in [6.07, 6.45) is 4.34. The topological polar surface area (TPSA) is 34.9 Å². The number of rotatable bonds is 2. The Bertz CT molecular complexity index is 505. The Morgan fingerprint density at radius 2 is 2.27 bits per heavy atom. The van der Waals surface area contributed by atoms with Gasteiger partial charge in [0.15, 0.2) is 0 Å². The number of benzene rings is 1. The van der Waals surface area contributed by atoms with Crippen molar-refractivity contribution in [3.63, 3.8) is 0 Å². The molecule has 76 valence electrons. The fourth-order valence-corrected chi connectivity index (χ4v) is 1.65. The molecule has 0 aliphatic carbocycles. The maximum absolute atomic E-state index is 10.5. The first kappa shape index (κ1) is 9.93. The summed E-state index contributed by atoms with van der Waals surface area (Å²) >= 11 is 6.04. The number of aldehydes is 1. The highest BCUT2D eigenvalue weighted by Crippen LogP contribution is 2.21. The van der Waals surface area contributed by atoms with Crippen molar-refractivity contribution in [1.82, 2.24) is 9.55 Å². The van der Waals surface area contributed by atoms with E-state index >= 15 is 0 Å². The Morgan fingerprint density at radius 3 is 2.80 bits per heavy atom. The van der Waals surface area contributed by atoms with Crippen LogP contribution in [0.3, 0.4) is 0 Å². The van der Waals surface area contributed by atoms with Gasteiger partial charge in [0.2, 0.25) is 0 Å². The van der Waals surface area contributed by atoms with Crippen molar-refractivity contribution in [3.05, 3.63) is 47.0 Å². The molecule has 0 radical (unpaired) electrons. The number of nitrogens with zero attached hydrogens (tertiary/aromatic N) is 2. The first-order valence-electron chi connectivity index (χ1n) is 4.46. The van der Waals surface area contributed by atoms with E-state index in [0.29, 0.717) is 10.6 Å². The largest absolute Gasteiger partial charge is 0.305 e. The highest BCUT2D eigenvalue weighted by Gasteiger charge is 2.04. The Labute approximate surface area is 92.3 Å². The Morgan fingerprint density at radius 1 is 1.47 bits per heavy atom. The molecule has 0 bridgehead atoms. The number of imidazole rings is 1. The van der Waals surface area contributed by atoms with Gasteiger partial charge in [-0.2, -0.15) is 0 Å². The van der Waals surface area contributed by atoms with Crippen LogP contribution in [0.15, 0.2) is 30.7 Å². The molecule has 4 heteroatoms. The van der Waals surface area contributed by atoms with Crippen LogP contribution in [-0.2, 0) is 0 Å². The van der Waals surface area contributed by atoms with Crippen LogP contribution in [0, 0.1) is 6.92 Å². The summed E-state index contributed by atoms with van der Waals surface area (Å²) in [7, 11) is 0. The molecule has 0 saturated heterocycles. The second-order valence-electron chi connectivity index (χ2n) is 3.25. The molecule has 3 nitrogen and oxygen atoms in total. The van der Waals surface area contributed by atoms with Gasteiger partial charge in [0.05, 0.1) is 22.7 Å². The zero-order chi connectivity index (χ0) is 10.8. The van der Waals surface area contributed by atoms with Gasteiger partial charge >= 0.3 is 0 Å². The van der Waals surface area contributed by atoms with Crippen molar-refractivity contribution < 1.29 is 4.79 Å². The smallest absolute Gasteiger partial charge is 0.150 e. The van der Waals surface area contributed by atoms with E-state index < -0.39 is 0 Å². The lowest BCUT2D eigenvalue weighted by Crippen LogP contribution is -1.92. The first-order chi connectivity index (χ1) is 7.20. The van der Waals surface area contributed by atoms with Gasteiger partial charge in [0, 0.05) is 11.8 Å². The van der Waals surface area contributed by atoms with Gasteiger partial charge in [-0.1, -0.05) is 11.6 Å². The highest BCUT2D eigenvalue weighted by molar-refractivity contribution is 6.32. The maximum Gasteiger partial charge on any atom is 0.150 e. The number of aryl methyl sites for hydroxylation is 1. The quantitative estimate of drug-likeness (QED) is 0.730. The summed E-state index contributed by atoms with van der Waals surface area (Å²) in [6, 6.07) is 5.16. The average Bonchev–Trinajstić information content (AvgIpc) is 2.64. The summed E-state index contributed by atoms with van der Waals surface area (Å²) in [5.74, 6) is 0. The number of hydrogen-bond donors (Lipinski definition) is 0. The normalized spacial score (nSPS) is 10.3. The molecule has 0 unspecified atom stereocenters. The van der Waals surface area contributed by atoms with Crippen LogP contribution in [0.4, 0.5) is 0 Å². The molecule has 15 heavy (non-hydrogen) atoms. The minimum absolute atomic E-state index is 0.539. The molecule has 1 heterocycles. The monoisotopic (exact) mass is 220 g/mol. The number of carbonyl (C=O) groups is 1. The van der Waals surface area contributed by atoms with Gasteiger partial charge in [-0.15, -0.1) is 0 Å². The lowest BCUT2D eigenvalue weighted by atomic mass is 10.2. The molecule has 1 aromatic heterocycles. The zero-order valence-electron chi connectivity index (χ0n) is 8.14. The molecule has 2 aromatic rings. The van der Waals surface area contributed by atoms with Crippen molar-refractivity contribution in [2.75, 3.05) is 0 Å². The average molecular weight is 221 g/mol. The molecule has 0 N–H and O–H groups in total. The second-order valence-corrected chi connectivity index (χ2v) is 3.66. The van der Waals surface area contributed by atoms with Gasteiger partial charge in [0.25, 0.3) is 0 Å². The number of aromatic nitrogens is 2. The van der Waals surface area contributed by atoms with Crippen molar-refractivity contribution in [2.24, 2.45) is 0 Å². The predicted octanol–water partition coefficient (Wildman–Crippen LogP) is 2.65. The third kappa shape index (κ3) is 1.92. The fourth-order valence-electron chi connectivity index (χ4n) is 1.36. The van der Waals surface area contributed by atoms with Crippen molar-refractivity contribution in [1.29, 1.82) is 0 Å².